The first-order valence-electron chi connectivity index (χ1n) is 8.84. The minimum absolute atomic E-state index is 0.315. The Morgan fingerprint density at radius 2 is 1.92 bits per heavy atom. The zero-order valence-electron chi connectivity index (χ0n) is 14.4. The first kappa shape index (κ1) is 17.5. The van der Waals surface area contributed by atoms with Crippen molar-refractivity contribution in [2.24, 2.45) is 0 Å². The first-order chi connectivity index (χ1) is 12.3. The smallest absolute Gasteiger partial charge is 0.119 e. The zero-order chi connectivity index (χ0) is 17.3. The molecular formula is C21H24N2O2. The highest BCUT2D eigenvalue weighted by Gasteiger charge is 2.19. The van der Waals surface area contributed by atoms with Gasteiger partial charge in [-0.05, 0) is 42.7 Å². The lowest BCUT2D eigenvalue weighted by atomic mass is 10.1. The molecule has 1 aliphatic rings. The van der Waals surface area contributed by atoms with Gasteiger partial charge in [0.15, 0.2) is 0 Å². The van der Waals surface area contributed by atoms with Crippen LogP contribution in [0.3, 0.4) is 0 Å². The second-order valence-corrected chi connectivity index (χ2v) is 6.34. The Kier molecular flexibility index (Phi) is 6.44. The average Bonchev–Trinajstić information content (AvgIpc) is 3.16. The van der Waals surface area contributed by atoms with Crippen LogP contribution in [0.1, 0.15) is 24.0 Å². The van der Waals surface area contributed by atoms with Crippen LogP contribution in [0.2, 0.25) is 0 Å². The minimum atomic E-state index is 0.315. The van der Waals surface area contributed by atoms with Crippen molar-refractivity contribution in [1.29, 1.82) is 5.26 Å². The quantitative estimate of drug-likeness (QED) is 0.739. The van der Waals surface area contributed by atoms with Gasteiger partial charge in [-0.15, -0.1) is 0 Å². The molecule has 0 bridgehead atoms. The SMILES string of the molecule is N#Cc1ccc(CN(CCOc2ccccc2)CC2CCCO2)cc1. The lowest BCUT2D eigenvalue weighted by Gasteiger charge is -2.25. The van der Waals surface area contributed by atoms with E-state index in [0.29, 0.717) is 18.3 Å². The molecular weight excluding hydrogens is 312 g/mol. The molecule has 2 aromatic rings. The van der Waals surface area contributed by atoms with Gasteiger partial charge >= 0.3 is 0 Å². The molecule has 0 N–H and O–H groups in total. The molecule has 1 fully saturated rings. The van der Waals surface area contributed by atoms with E-state index in [9.17, 15) is 0 Å². The predicted molar refractivity (Wildman–Crippen MR) is 97.3 cm³/mol. The molecule has 1 saturated heterocycles. The van der Waals surface area contributed by atoms with Gasteiger partial charge in [-0.2, -0.15) is 5.26 Å². The fourth-order valence-corrected chi connectivity index (χ4v) is 3.06. The molecule has 0 radical (unpaired) electrons. The van der Waals surface area contributed by atoms with E-state index in [1.807, 2.05) is 54.6 Å². The van der Waals surface area contributed by atoms with E-state index in [2.05, 4.69) is 11.0 Å². The number of para-hydroxylation sites is 1. The summed E-state index contributed by atoms with van der Waals surface area (Å²) >= 11 is 0. The number of ether oxygens (including phenoxy) is 2. The van der Waals surface area contributed by atoms with Gasteiger partial charge in [0.2, 0.25) is 0 Å². The molecule has 4 heteroatoms. The average molecular weight is 336 g/mol. The van der Waals surface area contributed by atoms with Gasteiger partial charge in [-0.25, -0.2) is 0 Å². The largest absolute Gasteiger partial charge is 0.492 e. The fraction of sp³-hybridized carbons (Fsp3) is 0.381. The van der Waals surface area contributed by atoms with Crippen LogP contribution in [0, 0.1) is 11.3 Å². The molecule has 0 aromatic heterocycles. The van der Waals surface area contributed by atoms with Gasteiger partial charge in [0.05, 0.1) is 17.7 Å². The Morgan fingerprint density at radius 3 is 2.60 bits per heavy atom. The van der Waals surface area contributed by atoms with Crippen LogP contribution in [-0.4, -0.2) is 37.3 Å². The van der Waals surface area contributed by atoms with Crippen LogP contribution in [-0.2, 0) is 11.3 Å². The van der Waals surface area contributed by atoms with Gasteiger partial charge in [0, 0.05) is 26.2 Å². The summed E-state index contributed by atoms with van der Waals surface area (Å²) in [5.74, 6) is 0.901. The third-order valence-corrected chi connectivity index (χ3v) is 4.39. The van der Waals surface area contributed by atoms with Gasteiger partial charge in [0.1, 0.15) is 12.4 Å². The second-order valence-electron chi connectivity index (χ2n) is 6.34. The highest BCUT2D eigenvalue weighted by molar-refractivity contribution is 5.31. The van der Waals surface area contributed by atoms with Gasteiger partial charge in [-0.3, -0.25) is 4.90 Å². The van der Waals surface area contributed by atoms with E-state index in [-0.39, 0.29) is 0 Å². The number of nitrogens with zero attached hydrogens (tertiary/aromatic N) is 2. The normalized spacial score (nSPS) is 16.7. The van der Waals surface area contributed by atoms with Crippen LogP contribution in [0.4, 0.5) is 0 Å². The van der Waals surface area contributed by atoms with E-state index >= 15 is 0 Å². The van der Waals surface area contributed by atoms with Crippen molar-refractivity contribution in [3.05, 3.63) is 65.7 Å². The Hall–Kier alpha value is -2.35. The summed E-state index contributed by atoms with van der Waals surface area (Å²) in [6.07, 6.45) is 2.59. The number of nitriles is 1. The summed E-state index contributed by atoms with van der Waals surface area (Å²) in [4.78, 5) is 2.38. The summed E-state index contributed by atoms with van der Waals surface area (Å²) in [5.41, 5.74) is 1.90. The zero-order valence-corrected chi connectivity index (χ0v) is 14.4. The molecule has 2 aromatic carbocycles. The summed E-state index contributed by atoms with van der Waals surface area (Å²) < 4.78 is 11.6. The second kappa shape index (κ2) is 9.22. The predicted octanol–water partition coefficient (Wildman–Crippen LogP) is 3.62. The van der Waals surface area contributed by atoms with Crippen LogP contribution >= 0.6 is 0 Å². The van der Waals surface area contributed by atoms with E-state index < -0.39 is 0 Å². The highest BCUT2D eigenvalue weighted by atomic mass is 16.5. The molecule has 25 heavy (non-hydrogen) atoms. The Morgan fingerprint density at radius 1 is 1.12 bits per heavy atom. The summed E-state index contributed by atoms with van der Waals surface area (Å²) in [7, 11) is 0. The van der Waals surface area contributed by atoms with E-state index in [4.69, 9.17) is 14.7 Å². The highest BCUT2D eigenvalue weighted by Crippen LogP contribution is 2.16. The third kappa shape index (κ3) is 5.60. The van der Waals surface area contributed by atoms with Crippen LogP contribution in [0.25, 0.3) is 0 Å². The number of hydrogen-bond acceptors (Lipinski definition) is 4. The summed E-state index contributed by atoms with van der Waals surface area (Å²) in [6, 6.07) is 19.9. The standard InChI is InChI=1S/C21H24N2O2/c22-15-18-8-10-19(11-9-18)16-23(17-21-7-4-13-24-21)12-14-25-20-5-2-1-3-6-20/h1-3,5-6,8-11,21H,4,7,12-14,16-17H2. The molecule has 1 heterocycles. The molecule has 1 atom stereocenters. The lowest BCUT2D eigenvalue weighted by molar-refractivity contribution is 0.0654. The summed E-state index contributed by atoms with van der Waals surface area (Å²) in [6.45, 7) is 4.11. The van der Waals surface area contributed by atoms with Crippen molar-refractivity contribution in [2.75, 3.05) is 26.3 Å². The van der Waals surface area contributed by atoms with E-state index in [1.54, 1.807) is 0 Å². The maximum absolute atomic E-state index is 8.93. The molecule has 0 amide bonds. The number of rotatable bonds is 8. The fourth-order valence-electron chi connectivity index (χ4n) is 3.06. The maximum Gasteiger partial charge on any atom is 0.119 e. The van der Waals surface area contributed by atoms with Gasteiger partial charge in [-0.1, -0.05) is 30.3 Å². The third-order valence-electron chi connectivity index (χ3n) is 4.39. The molecule has 0 aliphatic carbocycles. The van der Waals surface area contributed by atoms with Crippen molar-refractivity contribution in [3.8, 4) is 11.8 Å². The van der Waals surface area contributed by atoms with Crippen molar-refractivity contribution < 1.29 is 9.47 Å². The first-order valence-corrected chi connectivity index (χ1v) is 8.84. The number of hydrogen-bond donors (Lipinski definition) is 0. The Bertz CT molecular complexity index is 673. The molecule has 3 rings (SSSR count). The Balaban J connectivity index is 1.56. The van der Waals surface area contributed by atoms with Crippen LogP contribution in [0.15, 0.2) is 54.6 Å². The van der Waals surface area contributed by atoms with Gasteiger partial charge in [0.25, 0.3) is 0 Å². The number of benzene rings is 2. The van der Waals surface area contributed by atoms with Crippen molar-refractivity contribution in [3.63, 3.8) is 0 Å². The van der Waals surface area contributed by atoms with Crippen molar-refractivity contribution in [1.82, 2.24) is 4.90 Å². The molecule has 1 unspecified atom stereocenters. The molecule has 1 aliphatic heterocycles. The molecule has 130 valence electrons. The Labute approximate surface area is 149 Å². The van der Waals surface area contributed by atoms with Crippen molar-refractivity contribution in [2.45, 2.75) is 25.5 Å². The van der Waals surface area contributed by atoms with E-state index in [1.165, 1.54) is 5.56 Å². The van der Waals surface area contributed by atoms with E-state index in [0.717, 1.165) is 44.8 Å². The topological polar surface area (TPSA) is 45.5 Å². The molecule has 0 saturated carbocycles. The van der Waals surface area contributed by atoms with Crippen LogP contribution < -0.4 is 4.74 Å². The van der Waals surface area contributed by atoms with Crippen molar-refractivity contribution >= 4 is 0 Å². The lowest BCUT2D eigenvalue weighted by Crippen LogP contribution is -2.35. The van der Waals surface area contributed by atoms with Gasteiger partial charge < -0.3 is 9.47 Å². The maximum atomic E-state index is 8.93. The molecule has 4 nitrogen and oxygen atoms in total. The minimum Gasteiger partial charge on any atom is -0.492 e. The van der Waals surface area contributed by atoms with Crippen LogP contribution in [0.5, 0.6) is 5.75 Å². The summed E-state index contributed by atoms with van der Waals surface area (Å²) in [5, 5.41) is 8.93. The molecule has 0 spiro atoms. The monoisotopic (exact) mass is 336 g/mol.